The molecule has 1 nitrogen and oxygen atoms in total. The van der Waals surface area contributed by atoms with E-state index in [1.165, 1.54) is 0 Å². The van der Waals surface area contributed by atoms with Crippen molar-refractivity contribution in [1.82, 2.24) is 0 Å². The molecule has 1 heteroatoms. The zero-order chi connectivity index (χ0) is 12.6. The monoisotopic (exact) mass is 234 g/mol. The highest BCUT2D eigenvalue weighted by atomic mass is 16.5. The maximum absolute atomic E-state index is 5.55. The summed E-state index contributed by atoms with van der Waals surface area (Å²) in [5.74, 6) is 7.04. The van der Waals surface area contributed by atoms with Crippen LogP contribution in [0.3, 0.4) is 0 Å². The highest BCUT2D eigenvalue weighted by molar-refractivity contribution is 5.49. The van der Waals surface area contributed by atoms with Gasteiger partial charge in [-0.2, -0.15) is 0 Å². The first-order chi connectivity index (χ1) is 8.90. The van der Waals surface area contributed by atoms with Crippen molar-refractivity contribution in [3.63, 3.8) is 0 Å². The molecule has 0 spiro atoms. The van der Waals surface area contributed by atoms with Gasteiger partial charge in [-0.3, -0.25) is 0 Å². The first-order valence-electron chi connectivity index (χ1n) is 5.80. The highest BCUT2D eigenvalue weighted by Gasteiger charge is 1.98. The lowest BCUT2D eigenvalue weighted by Crippen LogP contribution is -1.94. The lowest BCUT2D eigenvalue weighted by molar-refractivity contribution is 0.362. The van der Waals surface area contributed by atoms with E-state index in [4.69, 9.17) is 4.74 Å². The average molecular weight is 234 g/mol. The van der Waals surface area contributed by atoms with Crippen molar-refractivity contribution in [2.24, 2.45) is 0 Å². The number of ether oxygens (including phenoxy) is 1. The molecule has 0 atom stereocenters. The smallest absolute Gasteiger partial charge is 0.135 e. The Hall–Kier alpha value is -2.46. The Morgan fingerprint density at radius 1 is 0.944 bits per heavy atom. The predicted molar refractivity (Wildman–Crippen MR) is 74.6 cm³/mol. The molecule has 2 rings (SSSR count). The largest absolute Gasteiger partial charge is 0.488 e. The fraction of sp³-hybridized carbons (Fsp3) is 0.0588. The summed E-state index contributed by atoms with van der Waals surface area (Å²) in [6.45, 7) is 4.13. The second-order valence-corrected chi connectivity index (χ2v) is 3.71. The number of hydrogen-bond acceptors (Lipinski definition) is 1. The molecule has 0 N–H and O–H groups in total. The normalized spacial score (nSPS) is 9.11. The van der Waals surface area contributed by atoms with Crippen LogP contribution in [0.4, 0.5) is 0 Å². The van der Waals surface area contributed by atoms with E-state index in [2.05, 4.69) is 18.4 Å². The zero-order valence-corrected chi connectivity index (χ0v) is 10.1. The van der Waals surface area contributed by atoms with Gasteiger partial charge in [0.1, 0.15) is 12.4 Å². The maximum atomic E-state index is 5.55. The summed E-state index contributed by atoms with van der Waals surface area (Å²) in [6.07, 6.45) is 1.72. The predicted octanol–water partition coefficient (Wildman–Crippen LogP) is 3.65. The van der Waals surface area contributed by atoms with Gasteiger partial charge in [-0.15, -0.1) is 0 Å². The minimum absolute atomic E-state index is 0.490. The Bertz CT molecular complexity index is 573. The minimum Gasteiger partial charge on any atom is -0.488 e. The van der Waals surface area contributed by atoms with Gasteiger partial charge in [0.15, 0.2) is 0 Å². The van der Waals surface area contributed by atoms with E-state index in [0.29, 0.717) is 6.61 Å². The SMILES string of the molecule is C=CCOc1ccccc1C#Cc1ccccc1. The highest BCUT2D eigenvalue weighted by Crippen LogP contribution is 2.16. The summed E-state index contributed by atoms with van der Waals surface area (Å²) in [7, 11) is 0. The van der Waals surface area contributed by atoms with Crippen LogP contribution in [0.1, 0.15) is 11.1 Å². The van der Waals surface area contributed by atoms with Crippen LogP contribution in [0.5, 0.6) is 5.75 Å². The molecule has 0 bridgehead atoms. The van der Waals surface area contributed by atoms with Crippen molar-refractivity contribution in [3.05, 3.63) is 78.4 Å². The molecule has 0 aliphatic rings. The van der Waals surface area contributed by atoms with Crippen molar-refractivity contribution in [2.75, 3.05) is 6.61 Å². The molecule has 0 saturated heterocycles. The molecular formula is C17H14O. The molecule has 0 aromatic heterocycles. The van der Waals surface area contributed by atoms with Crippen LogP contribution < -0.4 is 4.74 Å². The standard InChI is InChI=1S/C17H14O/c1-2-14-18-17-11-7-6-10-16(17)13-12-15-8-4-3-5-9-15/h2-11H,1,14H2. The van der Waals surface area contributed by atoms with E-state index in [9.17, 15) is 0 Å². The first kappa shape index (κ1) is 12.0. The van der Waals surface area contributed by atoms with Crippen LogP contribution in [-0.4, -0.2) is 6.61 Å². The van der Waals surface area contributed by atoms with Crippen LogP contribution >= 0.6 is 0 Å². The summed E-state index contributed by atoms with van der Waals surface area (Å²) in [6, 6.07) is 17.7. The Kier molecular flexibility index (Phi) is 4.22. The summed E-state index contributed by atoms with van der Waals surface area (Å²) in [5, 5.41) is 0. The van der Waals surface area contributed by atoms with Gasteiger partial charge >= 0.3 is 0 Å². The van der Waals surface area contributed by atoms with Crippen LogP contribution in [0.2, 0.25) is 0 Å². The number of rotatable bonds is 3. The molecule has 18 heavy (non-hydrogen) atoms. The molecule has 2 aromatic rings. The molecule has 0 aliphatic carbocycles. The molecule has 0 amide bonds. The van der Waals surface area contributed by atoms with Gasteiger partial charge in [-0.25, -0.2) is 0 Å². The van der Waals surface area contributed by atoms with Crippen molar-refractivity contribution in [1.29, 1.82) is 0 Å². The number of benzene rings is 2. The lowest BCUT2D eigenvalue weighted by atomic mass is 10.1. The summed E-state index contributed by atoms with van der Waals surface area (Å²) in [4.78, 5) is 0. The molecule has 2 aromatic carbocycles. The van der Waals surface area contributed by atoms with Crippen LogP contribution in [0.25, 0.3) is 0 Å². The molecule has 0 radical (unpaired) electrons. The summed E-state index contributed by atoms with van der Waals surface area (Å²) < 4.78 is 5.55. The van der Waals surface area contributed by atoms with E-state index < -0.39 is 0 Å². The maximum Gasteiger partial charge on any atom is 0.135 e. The molecule has 0 aliphatic heterocycles. The fourth-order valence-electron chi connectivity index (χ4n) is 1.51. The van der Waals surface area contributed by atoms with Gasteiger partial charge in [-0.1, -0.05) is 54.8 Å². The number of para-hydroxylation sites is 1. The van der Waals surface area contributed by atoms with Crippen molar-refractivity contribution < 1.29 is 4.74 Å². The molecule has 0 heterocycles. The quantitative estimate of drug-likeness (QED) is 0.582. The van der Waals surface area contributed by atoms with Crippen molar-refractivity contribution in [3.8, 4) is 17.6 Å². The minimum atomic E-state index is 0.490. The summed E-state index contributed by atoms with van der Waals surface area (Å²) >= 11 is 0. The van der Waals surface area contributed by atoms with E-state index >= 15 is 0 Å². The van der Waals surface area contributed by atoms with E-state index in [0.717, 1.165) is 16.9 Å². The Morgan fingerprint density at radius 3 is 2.44 bits per heavy atom. The number of hydrogen-bond donors (Lipinski definition) is 0. The Balaban J connectivity index is 2.24. The Labute approximate surface area is 108 Å². The molecule has 0 saturated carbocycles. The topological polar surface area (TPSA) is 9.23 Å². The molecule has 0 fully saturated rings. The third-order valence-corrected chi connectivity index (χ3v) is 2.36. The van der Waals surface area contributed by atoms with E-state index in [1.807, 2.05) is 54.6 Å². The van der Waals surface area contributed by atoms with Crippen LogP contribution in [-0.2, 0) is 0 Å². The van der Waals surface area contributed by atoms with Crippen LogP contribution in [0.15, 0.2) is 67.3 Å². The van der Waals surface area contributed by atoms with Gasteiger partial charge in [0, 0.05) is 5.56 Å². The third-order valence-electron chi connectivity index (χ3n) is 2.36. The Morgan fingerprint density at radius 2 is 1.67 bits per heavy atom. The van der Waals surface area contributed by atoms with Gasteiger partial charge in [0.2, 0.25) is 0 Å². The zero-order valence-electron chi connectivity index (χ0n) is 10.1. The lowest BCUT2D eigenvalue weighted by Gasteiger charge is -2.04. The average Bonchev–Trinajstić information content (AvgIpc) is 2.45. The van der Waals surface area contributed by atoms with E-state index in [1.54, 1.807) is 6.08 Å². The molecule has 88 valence electrons. The van der Waals surface area contributed by atoms with Crippen molar-refractivity contribution >= 4 is 0 Å². The summed E-state index contributed by atoms with van der Waals surface area (Å²) in [5.41, 5.74) is 1.89. The van der Waals surface area contributed by atoms with Gasteiger partial charge < -0.3 is 4.74 Å². The van der Waals surface area contributed by atoms with Crippen molar-refractivity contribution in [2.45, 2.75) is 0 Å². The van der Waals surface area contributed by atoms with Gasteiger partial charge in [-0.05, 0) is 24.3 Å². The third kappa shape index (κ3) is 3.26. The van der Waals surface area contributed by atoms with Gasteiger partial charge in [0.05, 0.1) is 5.56 Å². The molecular weight excluding hydrogens is 220 g/mol. The van der Waals surface area contributed by atoms with Crippen LogP contribution in [0, 0.1) is 11.8 Å². The first-order valence-corrected chi connectivity index (χ1v) is 5.80. The van der Waals surface area contributed by atoms with E-state index in [-0.39, 0.29) is 0 Å². The second-order valence-electron chi connectivity index (χ2n) is 3.71. The fourth-order valence-corrected chi connectivity index (χ4v) is 1.51. The molecule has 0 unspecified atom stereocenters. The van der Waals surface area contributed by atoms with Gasteiger partial charge in [0.25, 0.3) is 0 Å². The second kappa shape index (κ2) is 6.32.